The molecule has 0 bridgehead atoms. The van der Waals surface area contributed by atoms with Crippen LogP contribution in [-0.4, -0.2) is 57.6 Å². The van der Waals surface area contributed by atoms with Crippen molar-refractivity contribution in [1.82, 2.24) is 24.9 Å². The summed E-state index contributed by atoms with van der Waals surface area (Å²) in [5.74, 6) is 1.84. The van der Waals surface area contributed by atoms with Gasteiger partial charge in [0.25, 0.3) is 0 Å². The molecular weight excluding hydrogens is 302 g/mol. The Morgan fingerprint density at radius 3 is 2.54 bits per heavy atom. The third-order valence-electron chi connectivity index (χ3n) is 4.70. The van der Waals surface area contributed by atoms with Gasteiger partial charge >= 0.3 is 0 Å². The summed E-state index contributed by atoms with van der Waals surface area (Å²) in [6.07, 6.45) is 2.88. The number of piperazine rings is 1. The number of hydrogen-bond acceptors (Lipinski definition) is 6. The van der Waals surface area contributed by atoms with Crippen LogP contribution in [-0.2, 0) is 6.42 Å². The Labute approximate surface area is 143 Å². The molecular formula is C18H27N5O. The topological polar surface area (TPSA) is 58.3 Å². The minimum Gasteiger partial charge on any atom is -0.338 e. The lowest BCUT2D eigenvalue weighted by atomic mass is 10.2. The molecule has 1 aliphatic heterocycles. The Morgan fingerprint density at radius 2 is 1.92 bits per heavy atom. The fourth-order valence-electron chi connectivity index (χ4n) is 3.00. The highest BCUT2D eigenvalue weighted by atomic mass is 16.5. The largest absolute Gasteiger partial charge is 0.338 e. The monoisotopic (exact) mass is 329 g/mol. The van der Waals surface area contributed by atoms with Gasteiger partial charge < -0.3 is 9.42 Å². The van der Waals surface area contributed by atoms with Crippen LogP contribution in [0.25, 0.3) is 0 Å². The van der Waals surface area contributed by atoms with Gasteiger partial charge in [-0.05, 0) is 19.1 Å². The molecule has 6 heteroatoms. The van der Waals surface area contributed by atoms with Crippen LogP contribution in [0.3, 0.4) is 0 Å². The van der Waals surface area contributed by atoms with Crippen molar-refractivity contribution < 1.29 is 4.52 Å². The fraction of sp³-hybridized carbons (Fsp3) is 0.611. The van der Waals surface area contributed by atoms with Gasteiger partial charge in [0.1, 0.15) is 0 Å². The number of aromatic nitrogens is 3. The Morgan fingerprint density at radius 1 is 1.12 bits per heavy atom. The number of pyridine rings is 1. The molecule has 0 amide bonds. The quantitative estimate of drug-likeness (QED) is 0.811. The first-order chi connectivity index (χ1) is 11.6. The molecule has 0 aliphatic carbocycles. The van der Waals surface area contributed by atoms with Crippen molar-refractivity contribution in [3.05, 3.63) is 41.8 Å². The normalized spacial score (nSPS) is 18.2. The van der Waals surface area contributed by atoms with Crippen molar-refractivity contribution >= 4 is 0 Å². The number of nitrogens with zero attached hydrogens (tertiary/aromatic N) is 5. The average molecular weight is 329 g/mol. The van der Waals surface area contributed by atoms with E-state index in [0.717, 1.165) is 50.9 Å². The number of rotatable bonds is 6. The third kappa shape index (κ3) is 4.19. The zero-order chi connectivity index (χ0) is 16.9. The van der Waals surface area contributed by atoms with E-state index >= 15 is 0 Å². The standard InChI is InChI=1S/C18H27N5O/c1-14(2)17-20-18(24-21-17)15(3)23-12-10-22(11-13-23)9-7-16-6-4-5-8-19-16/h4-6,8,14-15H,7,9-13H2,1-3H3. The minimum absolute atomic E-state index is 0.183. The molecule has 24 heavy (non-hydrogen) atoms. The molecule has 3 heterocycles. The van der Waals surface area contributed by atoms with Gasteiger partial charge in [-0.2, -0.15) is 4.98 Å². The van der Waals surface area contributed by atoms with Gasteiger partial charge in [0.15, 0.2) is 5.82 Å². The van der Waals surface area contributed by atoms with Crippen molar-refractivity contribution in [3.63, 3.8) is 0 Å². The van der Waals surface area contributed by atoms with Crippen LogP contribution in [0.5, 0.6) is 0 Å². The van der Waals surface area contributed by atoms with E-state index in [0.29, 0.717) is 5.92 Å². The lowest BCUT2D eigenvalue weighted by Gasteiger charge is -2.36. The molecule has 1 fully saturated rings. The van der Waals surface area contributed by atoms with E-state index in [1.165, 1.54) is 5.69 Å². The molecule has 3 rings (SSSR count). The van der Waals surface area contributed by atoms with Gasteiger partial charge in [0.2, 0.25) is 5.89 Å². The van der Waals surface area contributed by atoms with Gasteiger partial charge in [-0.1, -0.05) is 25.1 Å². The highest BCUT2D eigenvalue weighted by Gasteiger charge is 2.26. The Kier molecular flexibility index (Phi) is 5.58. The summed E-state index contributed by atoms with van der Waals surface area (Å²) in [6, 6.07) is 6.30. The van der Waals surface area contributed by atoms with Crippen molar-refractivity contribution in [2.24, 2.45) is 0 Å². The maximum Gasteiger partial charge on any atom is 0.243 e. The lowest BCUT2D eigenvalue weighted by molar-refractivity contribution is 0.0889. The molecule has 1 aliphatic rings. The van der Waals surface area contributed by atoms with E-state index in [1.807, 2.05) is 12.3 Å². The number of hydrogen-bond donors (Lipinski definition) is 0. The van der Waals surface area contributed by atoms with Crippen LogP contribution in [0, 0.1) is 0 Å². The fourth-order valence-corrected chi connectivity index (χ4v) is 3.00. The van der Waals surface area contributed by atoms with E-state index < -0.39 is 0 Å². The highest BCUT2D eigenvalue weighted by Crippen LogP contribution is 2.21. The molecule has 0 spiro atoms. The van der Waals surface area contributed by atoms with Crippen LogP contribution in [0.1, 0.15) is 50.1 Å². The molecule has 1 unspecified atom stereocenters. The molecule has 2 aromatic rings. The van der Waals surface area contributed by atoms with E-state index in [4.69, 9.17) is 4.52 Å². The second kappa shape index (κ2) is 7.85. The van der Waals surface area contributed by atoms with E-state index in [9.17, 15) is 0 Å². The van der Waals surface area contributed by atoms with Gasteiger partial charge in [-0.25, -0.2) is 0 Å². The average Bonchev–Trinajstić information content (AvgIpc) is 3.11. The molecule has 130 valence electrons. The Balaban J connectivity index is 1.47. The molecule has 0 radical (unpaired) electrons. The predicted octanol–water partition coefficient (Wildman–Crippen LogP) is 2.51. The maximum atomic E-state index is 5.45. The summed E-state index contributed by atoms with van der Waals surface area (Å²) in [5, 5.41) is 4.08. The first kappa shape index (κ1) is 17.0. The molecule has 0 N–H and O–H groups in total. The summed E-state index contributed by atoms with van der Waals surface area (Å²) >= 11 is 0. The molecule has 6 nitrogen and oxygen atoms in total. The van der Waals surface area contributed by atoms with Gasteiger partial charge in [-0.15, -0.1) is 0 Å². The summed E-state index contributed by atoms with van der Waals surface area (Å²) in [6.45, 7) is 11.6. The molecule has 0 aromatic carbocycles. The first-order valence-electron chi connectivity index (χ1n) is 8.83. The summed E-state index contributed by atoms with van der Waals surface area (Å²) in [5.41, 5.74) is 1.17. The van der Waals surface area contributed by atoms with Crippen LogP contribution >= 0.6 is 0 Å². The van der Waals surface area contributed by atoms with Crippen molar-refractivity contribution in [2.45, 2.75) is 39.2 Å². The second-order valence-electron chi connectivity index (χ2n) is 6.77. The minimum atomic E-state index is 0.183. The zero-order valence-corrected chi connectivity index (χ0v) is 14.9. The zero-order valence-electron chi connectivity index (χ0n) is 14.9. The van der Waals surface area contributed by atoms with Crippen molar-refractivity contribution in [2.75, 3.05) is 32.7 Å². The molecule has 1 atom stereocenters. The van der Waals surface area contributed by atoms with Gasteiger partial charge in [0.05, 0.1) is 6.04 Å². The highest BCUT2D eigenvalue weighted by molar-refractivity contribution is 5.04. The van der Waals surface area contributed by atoms with E-state index in [1.54, 1.807) is 0 Å². The Bertz CT molecular complexity index is 619. The van der Waals surface area contributed by atoms with Gasteiger partial charge in [-0.3, -0.25) is 9.88 Å². The summed E-state index contributed by atoms with van der Waals surface area (Å²) in [7, 11) is 0. The SMILES string of the molecule is CC(C)c1noc(C(C)N2CCN(CCc3ccccn3)CC2)n1. The Hall–Kier alpha value is -1.79. The molecule has 0 saturated carbocycles. The van der Waals surface area contributed by atoms with Crippen LogP contribution in [0.2, 0.25) is 0 Å². The lowest BCUT2D eigenvalue weighted by Crippen LogP contribution is -2.47. The van der Waals surface area contributed by atoms with Crippen molar-refractivity contribution in [3.8, 4) is 0 Å². The van der Waals surface area contributed by atoms with Crippen LogP contribution in [0.4, 0.5) is 0 Å². The maximum absolute atomic E-state index is 5.45. The van der Waals surface area contributed by atoms with Crippen LogP contribution < -0.4 is 0 Å². The van der Waals surface area contributed by atoms with Crippen molar-refractivity contribution in [1.29, 1.82) is 0 Å². The predicted molar refractivity (Wildman–Crippen MR) is 92.8 cm³/mol. The van der Waals surface area contributed by atoms with E-state index in [-0.39, 0.29) is 6.04 Å². The summed E-state index contributed by atoms with van der Waals surface area (Å²) < 4.78 is 5.45. The van der Waals surface area contributed by atoms with E-state index in [2.05, 4.69) is 57.8 Å². The summed E-state index contributed by atoms with van der Waals surface area (Å²) in [4.78, 5) is 13.9. The molecule has 1 saturated heterocycles. The third-order valence-corrected chi connectivity index (χ3v) is 4.70. The molecule has 2 aromatic heterocycles. The van der Waals surface area contributed by atoms with Crippen LogP contribution in [0.15, 0.2) is 28.9 Å². The van der Waals surface area contributed by atoms with Gasteiger partial charge in [0, 0.05) is 57.0 Å². The second-order valence-corrected chi connectivity index (χ2v) is 6.77. The smallest absolute Gasteiger partial charge is 0.243 e. The first-order valence-corrected chi connectivity index (χ1v) is 8.83.